The number of anilines is 1. The second-order valence-electron chi connectivity index (χ2n) is 4.31. The van der Waals surface area contributed by atoms with Crippen LogP contribution in [0.5, 0.6) is 0 Å². The molecule has 1 aromatic rings. The van der Waals surface area contributed by atoms with Gasteiger partial charge in [-0.3, -0.25) is 0 Å². The predicted molar refractivity (Wildman–Crippen MR) is 70.0 cm³/mol. The molecule has 1 aliphatic rings. The molecule has 2 rings (SSSR count). The predicted octanol–water partition coefficient (Wildman–Crippen LogP) is 2.42. The maximum Gasteiger partial charge on any atom is 0.173 e. The molecule has 17 heavy (non-hydrogen) atoms. The Morgan fingerprint density at radius 2 is 2.24 bits per heavy atom. The van der Waals surface area contributed by atoms with E-state index in [1.54, 1.807) is 6.07 Å². The number of benzene rings is 1. The molecule has 92 valence electrons. The van der Waals surface area contributed by atoms with Gasteiger partial charge in [-0.15, -0.1) is 0 Å². The van der Waals surface area contributed by atoms with Crippen LogP contribution in [0.1, 0.15) is 24.8 Å². The molecule has 3 N–H and O–H groups in total. The monoisotopic (exact) mass is 253 g/mol. The second kappa shape index (κ2) is 4.84. The summed E-state index contributed by atoms with van der Waals surface area (Å²) in [6.07, 6.45) is 3.62. The minimum absolute atomic E-state index is 0.0526. The largest absolute Gasteiger partial charge is 0.409 e. The highest BCUT2D eigenvalue weighted by molar-refractivity contribution is 6.34. The lowest BCUT2D eigenvalue weighted by atomic mass is 9.91. The molecule has 0 radical (unpaired) electrons. The third kappa shape index (κ3) is 2.17. The summed E-state index contributed by atoms with van der Waals surface area (Å²) in [4.78, 5) is 2.16. The smallest absolute Gasteiger partial charge is 0.173 e. The van der Waals surface area contributed by atoms with Crippen LogP contribution in [0.4, 0.5) is 5.69 Å². The van der Waals surface area contributed by atoms with Crippen LogP contribution in [0.2, 0.25) is 5.02 Å². The fraction of sp³-hybridized carbons (Fsp3) is 0.417. The molecule has 0 unspecified atom stereocenters. The van der Waals surface area contributed by atoms with Gasteiger partial charge in [-0.1, -0.05) is 22.8 Å². The third-order valence-corrected chi connectivity index (χ3v) is 3.67. The number of hydrogen-bond donors (Lipinski definition) is 2. The average Bonchev–Trinajstić information content (AvgIpc) is 2.25. The van der Waals surface area contributed by atoms with Crippen LogP contribution in [0, 0.1) is 0 Å². The van der Waals surface area contributed by atoms with E-state index in [1.807, 2.05) is 19.2 Å². The quantitative estimate of drug-likeness (QED) is 0.376. The van der Waals surface area contributed by atoms with Gasteiger partial charge in [0.2, 0.25) is 0 Å². The summed E-state index contributed by atoms with van der Waals surface area (Å²) in [5.41, 5.74) is 7.20. The fourth-order valence-electron chi connectivity index (χ4n) is 2.08. The van der Waals surface area contributed by atoms with Crippen LogP contribution in [0.15, 0.2) is 23.4 Å². The summed E-state index contributed by atoms with van der Waals surface area (Å²) < 4.78 is 0. The van der Waals surface area contributed by atoms with Crippen molar-refractivity contribution in [2.24, 2.45) is 10.9 Å². The molecule has 5 heteroatoms. The van der Waals surface area contributed by atoms with Gasteiger partial charge in [0.05, 0.1) is 10.6 Å². The first-order chi connectivity index (χ1) is 8.15. The van der Waals surface area contributed by atoms with Crippen molar-refractivity contribution >= 4 is 23.1 Å². The van der Waals surface area contributed by atoms with E-state index in [4.69, 9.17) is 22.5 Å². The number of amidine groups is 1. The van der Waals surface area contributed by atoms with Crippen molar-refractivity contribution in [2.75, 3.05) is 11.9 Å². The fourth-order valence-corrected chi connectivity index (χ4v) is 2.35. The number of nitrogens with two attached hydrogens (primary N) is 1. The summed E-state index contributed by atoms with van der Waals surface area (Å²) in [5, 5.41) is 12.4. The van der Waals surface area contributed by atoms with E-state index in [-0.39, 0.29) is 5.84 Å². The van der Waals surface area contributed by atoms with Crippen molar-refractivity contribution in [2.45, 2.75) is 25.3 Å². The number of rotatable bonds is 3. The molecule has 1 fully saturated rings. The zero-order valence-corrected chi connectivity index (χ0v) is 10.5. The lowest BCUT2D eigenvalue weighted by Gasteiger charge is -2.37. The Morgan fingerprint density at radius 1 is 1.53 bits per heavy atom. The molecule has 1 saturated carbocycles. The first-order valence-electron chi connectivity index (χ1n) is 5.64. The first kappa shape index (κ1) is 12.0. The van der Waals surface area contributed by atoms with Crippen molar-refractivity contribution in [3.05, 3.63) is 28.8 Å². The van der Waals surface area contributed by atoms with Gasteiger partial charge in [-0.2, -0.15) is 0 Å². The third-order valence-electron chi connectivity index (χ3n) is 3.36. The van der Waals surface area contributed by atoms with Gasteiger partial charge in [-0.25, -0.2) is 0 Å². The Labute approximate surface area is 106 Å². The SMILES string of the molecule is CN(c1cccc(Cl)c1/C(N)=N/O)C1CCC1. The highest BCUT2D eigenvalue weighted by atomic mass is 35.5. The molecule has 0 atom stereocenters. The van der Waals surface area contributed by atoms with Crippen LogP contribution in [0.3, 0.4) is 0 Å². The van der Waals surface area contributed by atoms with Crippen molar-refractivity contribution in [3.8, 4) is 0 Å². The van der Waals surface area contributed by atoms with Crippen molar-refractivity contribution < 1.29 is 5.21 Å². The van der Waals surface area contributed by atoms with Crippen LogP contribution in [-0.2, 0) is 0 Å². The van der Waals surface area contributed by atoms with Gasteiger partial charge in [0.1, 0.15) is 0 Å². The molecule has 0 bridgehead atoms. The van der Waals surface area contributed by atoms with E-state index >= 15 is 0 Å². The number of oxime groups is 1. The molecule has 0 aromatic heterocycles. The highest BCUT2D eigenvalue weighted by Gasteiger charge is 2.25. The molecule has 0 aliphatic heterocycles. The van der Waals surface area contributed by atoms with Gasteiger partial charge in [0.15, 0.2) is 5.84 Å². The van der Waals surface area contributed by atoms with E-state index in [2.05, 4.69) is 10.1 Å². The zero-order chi connectivity index (χ0) is 12.4. The van der Waals surface area contributed by atoms with Gasteiger partial charge in [0, 0.05) is 18.8 Å². The van der Waals surface area contributed by atoms with Crippen LogP contribution < -0.4 is 10.6 Å². The minimum Gasteiger partial charge on any atom is -0.409 e. The summed E-state index contributed by atoms with van der Waals surface area (Å²) in [6.45, 7) is 0. The molecule has 0 heterocycles. The maximum atomic E-state index is 8.81. The lowest BCUT2D eigenvalue weighted by molar-refractivity contribution is 0.318. The van der Waals surface area contributed by atoms with Crippen molar-refractivity contribution in [1.82, 2.24) is 0 Å². The van der Waals surface area contributed by atoms with Crippen molar-refractivity contribution in [3.63, 3.8) is 0 Å². The second-order valence-corrected chi connectivity index (χ2v) is 4.72. The van der Waals surface area contributed by atoms with Gasteiger partial charge in [-0.05, 0) is 31.4 Å². The van der Waals surface area contributed by atoms with Gasteiger partial charge in [0.25, 0.3) is 0 Å². The molecular weight excluding hydrogens is 238 g/mol. The molecule has 0 amide bonds. The summed E-state index contributed by atoms with van der Waals surface area (Å²) >= 11 is 6.11. The summed E-state index contributed by atoms with van der Waals surface area (Å²) in [6, 6.07) is 6.09. The minimum atomic E-state index is 0.0526. The molecule has 0 saturated heterocycles. The Bertz CT molecular complexity index is 443. The first-order valence-corrected chi connectivity index (χ1v) is 6.02. The van der Waals surface area contributed by atoms with E-state index in [9.17, 15) is 0 Å². The van der Waals surface area contributed by atoms with E-state index in [1.165, 1.54) is 19.3 Å². The van der Waals surface area contributed by atoms with E-state index in [0.717, 1.165) is 5.69 Å². The van der Waals surface area contributed by atoms with Crippen LogP contribution in [-0.4, -0.2) is 24.1 Å². The molecular formula is C12H16ClN3O. The maximum absolute atomic E-state index is 8.81. The Morgan fingerprint density at radius 3 is 2.76 bits per heavy atom. The zero-order valence-electron chi connectivity index (χ0n) is 9.73. The normalized spacial score (nSPS) is 16.7. The Balaban J connectivity index is 2.41. The van der Waals surface area contributed by atoms with Crippen LogP contribution >= 0.6 is 11.6 Å². The average molecular weight is 254 g/mol. The molecule has 0 spiro atoms. The van der Waals surface area contributed by atoms with E-state index in [0.29, 0.717) is 16.6 Å². The summed E-state index contributed by atoms with van der Waals surface area (Å²) in [5.74, 6) is 0.0526. The number of nitrogens with zero attached hydrogens (tertiary/aromatic N) is 2. The van der Waals surface area contributed by atoms with Crippen LogP contribution in [0.25, 0.3) is 0 Å². The van der Waals surface area contributed by atoms with Gasteiger partial charge >= 0.3 is 0 Å². The van der Waals surface area contributed by atoms with Gasteiger partial charge < -0.3 is 15.8 Å². The molecule has 4 nitrogen and oxygen atoms in total. The van der Waals surface area contributed by atoms with E-state index < -0.39 is 0 Å². The lowest BCUT2D eigenvalue weighted by Crippen LogP contribution is -2.38. The molecule has 1 aromatic carbocycles. The summed E-state index contributed by atoms with van der Waals surface area (Å²) in [7, 11) is 2.02. The van der Waals surface area contributed by atoms with Crippen molar-refractivity contribution in [1.29, 1.82) is 0 Å². The standard InChI is InChI=1S/C12H16ClN3O/c1-16(8-4-2-5-8)10-7-3-6-9(13)11(10)12(14)15-17/h3,6-8,17H,2,4-5H2,1H3,(H2,14,15). The topological polar surface area (TPSA) is 61.8 Å². The Kier molecular flexibility index (Phi) is 3.43. The Hall–Kier alpha value is -1.42. The highest BCUT2D eigenvalue weighted by Crippen LogP contribution is 2.33. The molecule has 1 aliphatic carbocycles. The number of halogens is 1. The number of hydrogen-bond acceptors (Lipinski definition) is 3.